The molecule has 0 aliphatic carbocycles. The summed E-state index contributed by atoms with van der Waals surface area (Å²) in [7, 11) is -3.72. The molecule has 8 heteroatoms. The van der Waals surface area contributed by atoms with Crippen LogP contribution in [-0.4, -0.2) is 44.1 Å². The van der Waals surface area contributed by atoms with Gasteiger partial charge >= 0.3 is 5.97 Å². The van der Waals surface area contributed by atoms with Crippen molar-refractivity contribution >= 4 is 16.0 Å². The third kappa shape index (κ3) is 7.64. The molecule has 3 aromatic carbocycles. The summed E-state index contributed by atoms with van der Waals surface area (Å²) in [5, 5.41) is 2.15. The van der Waals surface area contributed by atoms with Gasteiger partial charge in [-0.15, -0.1) is 0 Å². The molecule has 2 N–H and O–H groups in total. The fourth-order valence-corrected chi connectivity index (χ4v) is 6.83. The number of carbonyl (C=O) groups is 1. The van der Waals surface area contributed by atoms with Crippen molar-refractivity contribution in [2.45, 2.75) is 70.4 Å². The Bertz CT molecular complexity index is 1480. The zero-order chi connectivity index (χ0) is 29.6. The van der Waals surface area contributed by atoms with Gasteiger partial charge in [0.15, 0.2) is 0 Å². The maximum atomic E-state index is 13.3. The number of hydrogen-bond donors (Lipinski definition) is 2. The summed E-state index contributed by atoms with van der Waals surface area (Å²) < 4.78 is 34.6. The molecule has 0 radical (unpaired) electrons. The van der Waals surface area contributed by atoms with Crippen LogP contribution in [0.25, 0.3) is 11.1 Å². The standard InChI is InChI=1S/C33H41N3O4S/c1-6-21-36-29(23-24-13-9-8-10-14-24)31(32(37)40-7-2)28(34-36)22-25-17-19-26(20-18-25)27-15-11-12-16-30(27)41(38,39)35-33(3,4)5/h8-20,29,34-35H,6-7,21-23H2,1-5H3. The van der Waals surface area contributed by atoms with Crippen LogP contribution in [-0.2, 0) is 32.4 Å². The Morgan fingerprint density at radius 1 is 0.927 bits per heavy atom. The van der Waals surface area contributed by atoms with Crippen LogP contribution in [0.2, 0.25) is 0 Å². The Hall–Kier alpha value is -3.46. The van der Waals surface area contributed by atoms with Crippen LogP contribution in [0.4, 0.5) is 0 Å². The van der Waals surface area contributed by atoms with Crippen LogP contribution in [0.5, 0.6) is 0 Å². The maximum absolute atomic E-state index is 13.3. The van der Waals surface area contributed by atoms with E-state index in [1.807, 2.05) is 82.3 Å². The van der Waals surface area contributed by atoms with Gasteiger partial charge in [0.1, 0.15) is 0 Å². The predicted octanol–water partition coefficient (Wildman–Crippen LogP) is 5.63. The monoisotopic (exact) mass is 575 g/mol. The molecule has 4 rings (SSSR count). The van der Waals surface area contributed by atoms with Crippen molar-refractivity contribution in [2.75, 3.05) is 13.2 Å². The Kier molecular flexibility index (Phi) is 9.68. The lowest BCUT2D eigenvalue weighted by atomic mass is 9.95. The van der Waals surface area contributed by atoms with Crippen LogP contribution in [0.15, 0.2) is 95.0 Å². The van der Waals surface area contributed by atoms with Crippen LogP contribution < -0.4 is 10.1 Å². The molecule has 218 valence electrons. The molecule has 1 unspecified atom stereocenters. The molecule has 0 fully saturated rings. The molecule has 0 amide bonds. The second-order valence-electron chi connectivity index (χ2n) is 11.3. The summed E-state index contributed by atoms with van der Waals surface area (Å²) in [6.07, 6.45) is 2.15. The fourth-order valence-electron chi connectivity index (χ4n) is 5.18. The molecule has 7 nitrogen and oxygen atoms in total. The number of esters is 1. The molecule has 0 saturated carbocycles. The summed E-state index contributed by atoms with van der Waals surface area (Å²) in [6, 6.07) is 24.9. The highest BCUT2D eigenvalue weighted by Gasteiger charge is 2.37. The third-order valence-electron chi connectivity index (χ3n) is 6.81. The van der Waals surface area contributed by atoms with Crippen molar-refractivity contribution in [3.8, 4) is 11.1 Å². The van der Waals surface area contributed by atoms with E-state index in [4.69, 9.17) is 4.74 Å². The van der Waals surface area contributed by atoms with Crippen LogP contribution in [0.1, 0.15) is 52.2 Å². The van der Waals surface area contributed by atoms with Crippen molar-refractivity contribution in [2.24, 2.45) is 0 Å². The molecule has 1 aliphatic rings. The number of hydrazine groups is 1. The first-order valence-corrected chi connectivity index (χ1v) is 15.7. The Morgan fingerprint density at radius 3 is 2.22 bits per heavy atom. The van der Waals surface area contributed by atoms with Gasteiger partial charge in [-0.1, -0.05) is 79.7 Å². The fraction of sp³-hybridized carbons (Fsp3) is 0.364. The molecular formula is C33H41N3O4S. The molecule has 0 saturated heterocycles. The first-order valence-electron chi connectivity index (χ1n) is 14.2. The quantitative estimate of drug-likeness (QED) is 0.288. The molecule has 3 aromatic rings. The number of sulfonamides is 1. The number of rotatable bonds is 11. The topological polar surface area (TPSA) is 87.7 Å². The van der Waals surface area contributed by atoms with E-state index in [1.165, 1.54) is 0 Å². The first kappa shape index (κ1) is 30.5. The minimum Gasteiger partial charge on any atom is -0.463 e. The second kappa shape index (κ2) is 13.0. The highest BCUT2D eigenvalue weighted by molar-refractivity contribution is 7.89. The van der Waals surface area contributed by atoms with E-state index in [-0.39, 0.29) is 16.9 Å². The number of nitrogens with zero attached hydrogens (tertiary/aromatic N) is 1. The zero-order valence-corrected chi connectivity index (χ0v) is 25.4. The van der Waals surface area contributed by atoms with E-state index in [9.17, 15) is 13.2 Å². The van der Waals surface area contributed by atoms with Crippen molar-refractivity contribution in [3.05, 3.63) is 101 Å². The van der Waals surface area contributed by atoms with E-state index in [2.05, 4.69) is 34.2 Å². The van der Waals surface area contributed by atoms with Gasteiger partial charge < -0.3 is 10.2 Å². The zero-order valence-electron chi connectivity index (χ0n) is 24.6. The van der Waals surface area contributed by atoms with Crippen molar-refractivity contribution < 1.29 is 17.9 Å². The summed E-state index contributed by atoms with van der Waals surface area (Å²) in [6.45, 7) is 10.5. The van der Waals surface area contributed by atoms with Gasteiger partial charge in [0, 0.05) is 29.8 Å². The predicted molar refractivity (Wildman–Crippen MR) is 163 cm³/mol. The Morgan fingerprint density at radius 2 is 1.59 bits per heavy atom. The van der Waals surface area contributed by atoms with Gasteiger partial charge in [-0.3, -0.25) is 0 Å². The van der Waals surface area contributed by atoms with Crippen LogP contribution >= 0.6 is 0 Å². The largest absolute Gasteiger partial charge is 0.463 e. The minimum absolute atomic E-state index is 0.141. The molecule has 1 heterocycles. The Labute approximate surface area is 244 Å². The summed E-state index contributed by atoms with van der Waals surface area (Å²) in [5.74, 6) is -0.295. The van der Waals surface area contributed by atoms with E-state index < -0.39 is 15.6 Å². The lowest BCUT2D eigenvalue weighted by molar-refractivity contribution is -0.139. The van der Waals surface area contributed by atoms with Gasteiger partial charge in [0.2, 0.25) is 10.0 Å². The van der Waals surface area contributed by atoms with Gasteiger partial charge in [0.05, 0.1) is 23.1 Å². The average Bonchev–Trinajstić information content (AvgIpc) is 3.25. The number of ether oxygens (including phenoxy) is 1. The molecule has 0 spiro atoms. The number of carbonyl (C=O) groups excluding carboxylic acids is 1. The highest BCUT2D eigenvalue weighted by atomic mass is 32.2. The van der Waals surface area contributed by atoms with Gasteiger partial charge in [0.25, 0.3) is 0 Å². The number of hydrogen-bond acceptors (Lipinski definition) is 6. The van der Waals surface area contributed by atoms with Crippen LogP contribution in [0, 0.1) is 0 Å². The van der Waals surface area contributed by atoms with E-state index in [0.29, 0.717) is 30.6 Å². The summed E-state index contributed by atoms with van der Waals surface area (Å²) >= 11 is 0. The molecule has 41 heavy (non-hydrogen) atoms. The molecule has 0 aromatic heterocycles. The lowest BCUT2D eigenvalue weighted by Crippen LogP contribution is -2.42. The summed E-state index contributed by atoms with van der Waals surface area (Å²) in [4.78, 5) is 13.5. The number of allylic oxidation sites excluding steroid dienone is 1. The normalized spacial score (nSPS) is 16.1. The van der Waals surface area contributed by atoms with Gasteiger partial charge in [-0.25, -0.2) is 22.9 Å². The highest BCUT2D eigenvalue weighted by Crippen LogP contribution is 2.31. The second-order valence-corrected chi connectivity index (χ2v) is 13.0. The SMILES string of the molecule is CCCN1NC(Cc2ccc(-c3ccccc3S(=O)(=O)NC(C)(C)C)cc2)=C(C(=O)OCC)C1Cc1ccccc1. The van der Waals surface area contributed by atoms with Crippen LogP contribution in [0.3, 0.4) is 0 Å². The van der Waals surface area contributed by atoms with Crippen molar-refractivity contribution in [3.63, 3.8) is 0 Å². The van der Waals surface area contributed by atoms with Gasteiger partial charge in [-0.05, 0) is 63.3 Å². The smallest absolute Gasteiger partial charge is 0.337 e. The molecule has 0 bridgehead atoms. The van der Waals surface area contributed by atoms with Gasteiger partial charge in [-0.2, -0.15) is 0 Å². The van der Waals surface area contributed by atoms with Crippen molar-refractivity contribution in [1.29, 1.82) is 0 Å². The summed E-state index contributed by atoms with van der Waals surface area (Å²) in [5.41, 5.74) is 8.02. The van der Waals surface area contributed by atoms with Crippen molar-refractivity contribution in [1.82, 2.24) is 15.2 Å². The van der Waals surface area contributed by atoms with E-state index >= 15 is 0 Å². The average molecular weight is 576 g/mol. The molecule has 1 atom stereocenters. The van der Waals surface area contributed by atoms with E-state index in [1.54, 1.807) is 12.1 Å². The maximum Gasteiger partial charge on any atom is 0.337 e. The lowest BCUT2D eigenvalue weighted by Gasteiger charge is -2.26. The molecular weight excluding hydrogens is 534 g/mol. The third-order valence-corrected chi connectivity index (χ3v) is 8.62. The van der Waals surface area contributed by atoms with E-state index in [0.717, 1.165) is 35.4 Å². The minimum atomic E-state index is -3.72. The first-order chi connectivity index (χ1) is 19.5. The number of benzene rings is 3. The molecule has 1 aliphatic heterocycles. The Balaban J connectivity index is 1.65. The number of nitrogens with one attached hydrogen (secondary N) is 2.